The molecule has 0 aliphatic carbocycles. The Balaban J connectivity index is 1.36. The standard InChI is InChI=1S/C22H21N7O2/c1-31-17-4-2-14(3-5-17)20-16(10-25-28-20)11-29-7-6-19-18(12-29)22(30)27-21(26-19)15-8-23-13-24-9-15/h2-5,8-10,13H,6-7,11-12H2,1H3,(H,25,28)(H,26,27,30). The summed E-state index contributed by atoms with van der Waals surface area (Å²) in [7, 11) is 1.65. The van der Waals surface area contributed by atoms with E-state index in [4.69, 9.17) is 4.74 Å². The zero-order chi connectivity index (χ0) is 21.2. The van der Waals surface area contributed by atoms with Crippen molar-refractivity contribution in [2.45, 2.75) is 19.5 Å². The summed E-state index contributed by atoms with van der Waals surface area (Å²) in [4.78, 5) is 30.5. The molecule has 4 aromatic rings. The summed E-state index contributed by atoms with van der Waals surface area (Å²) in [6.45, 7) is 2.03. The van der Waals surface area contributed by atoms with E-state index >= 15 is 0 Å². The van der Waals surface area contributed by atoms with E-state index in [1.165, 1.54) is 6.33 Å². The number of rotatable bonds is 5. The van der Waals surface area contributed by atoms with Crippen LogP contribution >= 0.6 is 0 Å². The molecular formula is C22H21N7O2. The van der Waals surface area contributed by atoms with Gasteiger partial charge in [-0.15, -0.1) is 0 Å². The van der Waals surface area contributed by atoms with Crippen molar-refractivity contribution in [1.82, 2.24) is 35.0 Å². The number of hydrogen-bond acceptors (Lipinski definition) is 7. The summed E-state index contributed by atoms with van der Waals surface area (Å²) < 4.78 is 5.24. The van der Waals surface area contributed by atoms with Crippen LogP contribution in [0.1, 0.15) is 16.8 Å². The van der Waals surface area contributed by atoms with Gasteiger partial charge in [0.15, 0.2) is 0 Å². The second-order valence-corrected chi connectivity index (χ2v) is 7.43. The average molecular weight is 415 g/mol. The zero-order valence-electron chi connectivity index (χ0n) is 17.0. The minimum Gasteiger partial charge on any atom is -0.497 e. The van der Waals surface area contributed by atoms with E-state index in [2.05, 4.69) is 35.0 Å². The molecule has 0 unspecified atom stereocenters. The van der Waals surface area contributed by atoms with E-state index < -0.39 is 0 Å². The number of methoxy groups -OCH3 is 1. The van der Waals surface area contributed by atoms with E-state index in [0.29, 0.717) is 36.5 Å². The highest BCUT2D eigenvalue weighted by atomic mass is 16.5. The van der Waals surface area contributed by atoms with Gasteiger partial charge in [-0.05, 0) is 24.3 Å². The van der Waals surface area contributed by atoms with Gasteiger partial charge < -0.3 is 9.72 Å². The molecule has 5 rings (SSSR count). The van der Waals surface area contributed by atoms with Crippen molar-refractivity contribution in [2.24, 2.45) is 0 Å². The molecule has 156 valence electrons. The monoisotopic (exact) mass is 415 g/mol. The summed E-state index contributed by atoms with van der Waals surface area (Å²) in [5.74, 6) is 1.32. The summed E-state index contributed by atoms with van der Waals surface area (Å²) >= 11 is 0. The maximum Gasteiger partial charge on any atom is 0.255 e. The summed E-state index contributed by atoms with van der Waals surface area (Å²) in [6.07, 6.45) is 7.29. The van der Waals surface area contributed by atoms with Gasteiger partial charge in [0.05, 0.1) is 35.8 Å². The number of fused-ring (bicyclic) bond motifs is 1. The Hall–Kier alpha value is -3.85. The van der Waals surface area contributed by atoms with Gasteiger partial charge in [-0.2, -0.15) is 5.10 Å². The topological polar surface area (TPSA) is 113 Å². The summed E-state index contributed by atoms with van der Waals surface area (Å²) in [6, 6.07) is 7.87. The maximum atomic E-state index is 12.8. The van der Waals surface area contributed by atoms with E-state index in [1.807, 2.05) is 30.5 Å². The molecule has 0 bridgehead atoms. The molecule has 2 N–H and O–H groups in total. The van der Waals surface area contributed by atoms with Gasteiger partial charge in [-0.25, -0.2) is 15.0 Å². The molecule has 3 aromatic heterocycles. The second kappa shape index (κ2) is 8.11. The third-order valence-electron chi connectivity index (χ3n) is 5.47. The normalized spacial score (nSPS) is 13.7. The first-order chi connectivity index (χ1) is 15.2. The highest BCUT2D eigenvalue weighted by Gasteiger charge is 2.23. The lowest BCUT2D eigenvalue weighted by molar-refractivity contribution is 0.242. The van der Waals surface area contributed by atoms with Crippen LogP contribution in [0.2, 0.25) is 0 Å². The summed E-state index contributed by atoms with van der Waals surface area (Å²) in [5.41, 5.74) is 5.22. The lowest BCUT2D eigenvalue weighted by atomic mass is 10.0. The minimum atomic E-state index is -0.115. The number of aromatic nitrogens is 6. The molecule has 0 saturated carbocycles. The fourth-order valence-corrected chi connectivity index (χ4v) is 3.85. The molecule has 9 nitrogen and oxygen atoms in total. The first kappa shape index (κ1) is 19.1. The molecule has 9 heteroatoms. The molecule has 0 spiro atoms. The second-order valence-electron chi connectivity index (χ2n) is 7.43. The Bertz CT molecular complexity index is 1250. The molecule has 0 atom stereocenters. The molecular weight excluding hydrogens is 394 g/mol. The van der Waals surface area contributed by atoms with Crippen LogP contribution < -0.4 is 10.3 Å². The first-order valence-electron chi connectivity index (χ1n) is 9.98. The molecule has 0 radical (unpaired) electrons. The van der Waals surface area contributed by atoms with Gasteiger partial charge >= 0.3 is 0 Å². The predicted molar refractivity (Wildman–Crippen MR) is 114 cm³/mol. The molecule has 4 heterocycles. The number of nitrogens with zero attached hydrogens (tertiary/aromatic N) is 5. The maximum absolute atomic E-state index is 12.8. The average Bonchev–Trinajstić information content (AvgIpc) is 3.28. The van der Waals surface area contributed by atoms with Crippen molar-refractivity contribution in [3.8, 4) is 28.4 Å². The molecule has 0 saturated heterocycles. The Morgan fingerprint density at radius 3 is 2.68 bits per heavy atom. The first-order valence-corrected chi connectivity index (χ1v) is 9.98. The van der Waals surface area contributed by atoms with Gasteiger partial charge in [0.2, 0.25) is 0 Å². The van der Waals surface area contributed by atoms with Crippen molar-refractivity contribution in [2.75, 3.05) is 13.7 Å². The largest absolute Gasteiger partial charge is 0.497 e. The van der Waals surface area contributed by atoms with E-state index in [9.17, 15) is 4.79 Å². The lowest BCUT2D eigenvalue weighted by Crippen LogP contribution is -2.35. The molecule has 0 fully saturated rings. The smallest absolute Gasteiger partial charge is 0.255 e. The quantitative estimate of drug-likeness (QED) is 0.514. The van der Waals surface area contributed by atoms with Crippen LogP contribution in [0.15, 0.2) is 54.0 Å². The van der Waals surface area contributed by atoms with Crippen LogP contribution in [-0.4, -0.2) is 48.7 Å². The van der Waals surface area contributed by atoms with Crippen molar-refractivity contribution in [3.05, 3.63) is 76.4 Å². The number of ether oxygens (including phenoxy) is 1. The zero-order valence-corrected chi connectivity index (χ0v) is 17.0. The van der Waals surface area contributed by atoms with Gasteiger partial charge in [-0.1, -0.05) is 0 Å². The SMILES string of the molecule is COc1ccc(-c2[nH]ncc2CN2CCc3nc(-c4cncnc4)[nH]c(=O)c3C2)cc1. The van der Waals surface area contributed by atoms with Crippen LogP contribution in [0.5, 0.6) is 5.75 Å². The van der Waals surface area contributed by atoms with Crippen LogP contribution in [-0.2, 0) is 19.5 Å². The summed E-state index contributed by atoms with van der Waals surface area (Å²) in [5, 5.41) is 7.33. The number of benzene rings is 1. The fraction of sp³-hybridized carbons (Fsp3) is 0.227. The number of aromatic amines is 2. The van der Waals surface area contributed by atoms with Crippen LogP contribution in [0.4, 0.5) is 0 Å². The number of hydrogen-bond donors (Lipinski definition) is 2. The minimum absolute atomic E-state index is 0.115. The third kappa shape index (κ3) is 3.82. The van der Waals surface area contributed by atoms with Crippen LogP contribution in [0.25, 0.3) is 22.6 Å². The highest BCUT2D eigenvalue weighted by Crippen LogP contribution is 2.26. The van der Waals surface area contributed by atoms with Gasteiger partial charge in [0.25, 0.3) is 5.56 Å². The molecule has 1 aliphatic rings. The Labute approximate surface area is 178 Å². The fourth-order valence-electron chi connectivity index (χ4n) is 3.85. The van der Waals surface area contributed by atoms with E-state index in [1.54, 1.807) is 19.5 Å². The van der Waals surface area contributed by atoms with Crippen molar-refractivity contribution in [3.63, 3.8) is 0 Å². The Kier molecular flexibility index (Phi) is 5.01. The van der Waals surface area contributed by atoms with E-state index in [-0.39, 0.29) is 5.56 Å². The Morgan fingerprint density at radius 1 is 1.10 bits per heavy atom. The predicted octanol–water partition coefficient (Wildman–Crippen LogP) is 2.18. The molecule has 31 heavy (non-hydrogen) atoms. The van der Waals surface area contributed by atoms with Gasteiger partial charge in [0.1, 0.15) is 17.9 Å². The molecule has 1 aromatic carbocycles. The molecule has 1 aliphatic heterocycles. The molecule has 0 amide bonds. The lowest BCUT2D eigenvalue weighted by Gasteiger charge is -2.27. The van der Waals surface area contributed by atoms with E-state index in [0.717, 1.165) is 34.8 Å². The van der Waals surface area contributed by atoms with Gasteiger partial charge in [-0.3, -0.25) is 14.8 Å². The number of H-pyrrole nitrogens is 2. The third-order valence-corrected chi connectivity index (χ3v) is 5.47. The van der Waals surface area contributed by atoms with Crippen LogP contribution in [0.3, 0.4) is 0 Å². The van der Waals surface area contributed by atoms with Gasteiger partial charge in [0, 0.05) is 49.6 Å². The van der Waals surface area contributed by atoms with Crippen molar-refractivity contribution in [1.29, 1.82) is 0 Å². The number of nitrogens with one attached hydrogen (secondary N) is 2. The van der Waals surface area contributed by atoms with Crippen LogP contribution in [0, 0.1) is 0 Å². The highest BCUT2D eigenvalue weighted by molar-refractivity contribution is 5.63. The van der Waals surface area contributed by atoms with Crippen molar-refractivity contribution >= 4 is 0 Å². The Morgan fingerprint density at radius 2 is 1.90 bits per heavy atom. The van der Waals surface area contributed by atoms with Crippen molar-refractivity contribution < 1.29 is 4.74 Å².